The Kier molecular flexibility index (Phi) is 5.04. The average Bonchev–Trinajstić information content (AvgIpc) is 2.32. The van der Waals surface area contributed by atoms with Gasteiger partial charge in [-0.2, -0.15) is 0 Å². The first-order valence-electron chi connectivity index (χ1n) is 4.92. The summed E-state index contributed by atoms with van der Waals surface area (Å²) in [5, 5.41) is 26.7. The van der Waals surface area contributed by atoms with E-state index < -0.39 is 43.4 Å². The predicted molar refractivity (Wildman–Crippen MR) is 56.5 cm³/mol. The van der Waals surface area contributed by atoms with Gasteiger partial charge >= 0.3 is 5.69 Å². The van der Waals surface area contributed by atoms with Crippen LogP contribution in [0.4, 0.5) is 0 Å². The summed E-state index contributed by atoms with van der Waals surface area (Å²) >= 11 is 0. The van der Waals surface area contributed by atoms with Crippen LogP contribution in [-0.2, 0) is 4.74 Å². The van der Waals surface area contributed by atoms with E-state index in [2.05, 4.69) is 0 Å². The monoisotopic (exact) mass is 246 g/mol. The van der Waals surface area contributed by atoms with Crippen molar-refractivity contribution in [1.82, 2.24) is 9.55 Å². The Morgan fingerprint density at radius 2 is 1.88 bits per heavy atom. The number of ether oxygens (including phenoxy) is 1. The molecule has 0 fully saturated rings. The molecule has 8 nitrogen and oxygen atoms in total. The van der Waals surface area contributed by atoms with E-state index >= 15 is 0 Å². The number of H-pyrrole nitrogens is 1. The molecule has 1 aromatic rings. The Morgan fingerprint density at radius 1 is 1.24 bits per heavy atom. The number of nitrogens with one attached hydrogen (secondary N) is 1. The van der Waals surface area contributed by atoms with Crippen molar-refractivity contribution in [3.63, 3.8) is 0 Å². The third-order valence-corrected chi connectivity index (χ3v) is 2.07. The number of rotatable bonds is 6. The molecule has 1 rings (SSSR count). The summed E-state index contributed by atoms with van der Waals surface area (Å²) in [6.07, 6.45) is -0.831. The molecule has 0 saturated carbocycles. The van der Waals surface area contributed by atoms with Crippen LogP contribution >= 0.6 is 0 Å². The van der Waals surface area contributed by atoms with Crippen molar-refractivity contribution in [3.05, 3.63) is 33.1 Å². The second-order valence-corrected chi connectivity index (χ2v) is 3.28. The van der Waals surface area contributed by atoms with Gasteiger partial charge in [-0.05, 0) is 0 Å². The Hall–Kier alpha value is -1.48. The summed E-state index contributed by atoms with van der Waals surface area (Å²) in [6.45, 7) is -1.45. The maximum atomic E-state index is 11.4. The van der Waals surface area contributed by atoms with Gasteiger partial charge < -0.3 is 20.1 Å². The molecule has 8 heteroatoms. The first-order chi connectivity index (χ1) is 8.12. The van der Waals surface area contributed by atoms with Crippen LogP contribution in [0.3, 0.4) is 0 Å². The highest BCUT2D eigenvalue weighted by Crippen LogP contribution is 2.07. The molecule has 0 amide bonds. The van der Waals surface area contributed by atoms with Crippen molar-refractivity contribution < 1.29 is 20.1 Å². The molecule has 1 atom stereocenters. The number of aliphatic hydroxyl groups excluding tert-OH is 3. The van der Waals surface area contributed by atoms with E-state index in [9.17, 15) is 9.59 Å². The lowest BCUT2D eigenvalue weighted by Crippen LogP contribution is -2.37. The molecule has 96 valence electrons. The minimum Gasteiger partial charge on any atom is -0.394 e. The second kappa shape index (κ2) is 6.30. The van der Waals surface area contributed by atoms with Gasteiger partial charge in [0, 0.05) is 12.3 Å². The third kappa shape index (κ3) is 3.49. The van der Waals surface area contributed by atoms with Crippen LogP contribution in [0, 0.1) is 0 Å². The Balaban J connectivity index is 2.93. The van der Waals surface area contributed by atoms with Crippen LogP contribution in [-0.4, -0.2) is 50.8 Å². The van der Waals surface area contributed by atoms with Crippen LogP contribution in [0.25, 0.3) is 0 Å². The van der Waals surface area contributed by atoms with Crippen LogP contribution in [0.2, 0.25) is 0 Å². The molecular weight excluding hydrogens is 232 g/mol. The molecule has 0 bridgehead atoms. The number of hydrogen-bond donors (Lipinski definition) is 4. The van der Waals surface area contributed by atoms with Crippen molar-refractivity contribution >= 4 is 0 Å². The smallest absolute Gasteiger partial charge is 0.330 e. The molecule has 0 saturated heterocycles. The third-order valence-electron chi connectivity index (χ3n) is 2.07. The van der Waals surface area contributed by atoms with Gasteiger partial charge in [-0.25, -0.2) is 4.79 Å². The summed E-state index contributed by atoms with van der Waals surface area (Å²) in [7, 11) is 0. The molecule has 0 spiro atoms. The van der Waals surface area contributed by atoms with Crippen LogP contribution < -0.4 is 11.2 Å². The first-order valence-corrected chi connectivity index (χ1v) is 4.92. The lowest BCUT2D eigenvalue weighted by Gasteiger charge is -2.22. The molecular formula is C9H14N2O6. The summed E-state index contributed by atoms with van der Waals surface area (Å²) in [4.78, 5) is 24.2. The topological polar surface area (TPSA) is 125 Å². The fourth-order valence-corrected chi connectivity index (χ4v) is 1.22. The maximum absolute atomic E-state index is 11.4. The van der Waals surface area contributed by atoms with Gasteiger partial charge in [0.1, 0.15) is 6.10 Å². The normalized spacial score (nSPS) is 12.9. The quantitative estimate of drug-likeness (QED) is 0.436. The van der Waals surface area contributed by atoms with Crippen LogP contribution in [0.1, 0.15) is 6.23 Å². The average molecular weight is 246 g/mol. The molecule has 1 aromatic heterocycles. The highest BCUT2D eigenvalue weighted by atomic mass is 16.5. The predicted octanol–water partition coefficient (Wildman–Crippen LogP) is -2.60. The number of aliphatic hydroxyl groups is 3. The number of aromatic nitrogens is 2. The van der Waals surface area contributed by atoms with Crippen molar-refractivity contribution in [2.24, 2.45) is 0 Å². The molecule has 0 unspecified atom stereocenters. The van der Waals surface area contributed by atoms with E-state index in [1.807, 2.05) is 4.98 Å². The summed E-state index contributed by atoms with van der Waals surface area (Å²) in [6, 6.07) is 1.10. The Bertz CT molecular complexity index is 449. The van der Waals surface area contributed by atoms with Crippen molar-refractivity contribution in [1.29, 1.82) is 0 Å². The standard InChI is InChI=1S/C9H14N2O6/c12-3-6(4-13)17-8(5-14)11-2-1-7(15)10-9(11)16/h1-2,6,8,12-14H,3-5H2,(H,10,15,16)/t8-/m1/s1. The molecule has 0 aliphatic rings. The van der Waals surface area contributed by atoms with E-state index in [-0.39, 0.29) is 0 Å². The number of nitrogens with zero attached hydrogens (tertiary/aromatic N) is 1. The highest BCUT2D eigenvalue weighted by Gasteiger charge is 2.17. The molecule has 17 heavy (non-hydrogen) atoms. The largest absolute Gasteiger partial charge is 0.394 e. The number of aromatic amines is 1. The zero-order chi connectivity index (χ0) is 12.8. The van der Waals surface area contributed by atoms with E-state index in [0.29, 0.717) is 0 Å². The molecule has 0 aliphatic heterocycles. The molecule has 0 radical (unpaired) electrons. The van der Waals surface area contributed by atoms with E-state index in [4.69, 9.17) is 20.1 Å². The lowest BCUT2D eigenvalue weighted by atomic mass is 10.4. The van der Waals surface area contributed by atoms with E-state index in [1.54, 1.807) is 0 Å². The molecule has 0 aliphatic carbocycles. The minimum atomic E-state index is -1.08. The van der Waals surface area contributed by atoms with Crippen LogP contribution in [0.15, 0.2) is 21.9 Å². The van der Waals surface area contributed by atoms with Crippen LogP contribution in [0.5, 0.6) is 0 Å². The second-order valence-electron chi connectivity index (χ2n) is 3.28. The SMILES string of the molecule is O=c1ccn([C@@H](CO)OC(CO)CO)c(=O)[nH]1. The highest BCUT2D eigenvalue weighted by molar-refractivity contribution is 4.84. The number of hydrogen-bond acceptors (Lipinski definition) is 6. The van der Waals surface area contributed by atoms with Gasteiger partial charge in [0.2, 0.25) is 0 Å². The summed E-state index contributed by atoms with van der Waals surface area (Å²) in [5.74, 6) is 0. The van der Waals surface area contributed by atoms with Gasteiger partial charge in [-0.1, -0.05) is 0 Å². The van der Waals surface area contributed by atoms with Gasteiger partial charge in [0.25, 0.3) is 5.56 Å². The zero-order valence-electron chi connectivity index (χ0n) is 8.94. The fraction of sp³-hybridized carbons (Fsp3) is 0.556. The van der Waals surface area contributed by atoms with Crippen molar-refractivity contribution in [2.45, 2.75) is 12.3 Å². The summed E-state index contributed by atoms with van der Waals surface area (Å²) < 4.78 is 6.05. The van der Waals surface area contributed by atoms with E-state index in [0.717, 1.165) is 16.8 Å². The van der Waals surface area contributed by atoms with Gasteiger partial charge in [0.05, 0.1) is 19.8 Å². The van der Waals surface area contributed by atoms with Crippen molar-refractivity contribution in [3.8, 4) is 0 Å². The maximum Gasteiger partial charge on any atom is 0.330 e. The molecule has 4 N–H and O–H groups in total. The zero-order valence-corrected chi connectivity index (χ0v) is 8.94. The minimum absolute atomic E-state index is 0.453. The molecule has 1 heterocycles. The molecule has 0 aromatic carbocycles. The van der Waals surface area contributed by atoms with E-state index in [1.165, 1.54) is 0 Å². The fourth-order valence-electron chi connectivity index (χ4n) is 1.22. The Labute approximate surface area is 95.7 Å². The van der Waals surface area contributed by atoms with Gasteiger partial charge in [-0.15, -0.1) is 0 Å². The van der Waals surface area contributed by atoms with Crippen molar-refractivity contribution in [2.75, 3.05) is 19.8 Å². The first kappa shape index (κ1) is 13.6. The van der Waals surface area contributed by atoms with Gasteiger partial charge in [0.15, 0.2) is 6.23 Å². The van der Waals surface area contributed by atoms with Gasteiger partial charge in [-0.3, -0.25) is 14.3 Å². The summed E-state index contributed by atoms with van der Waals surface area (Å²) in [5.41, 5.74) is -1.31. The lowest BCUT2D eigenvalue weighted by molar-refractivity contribution is -0.113. The Morgan fingerprint density at radius 3 is 2.35 bits per heavy atom.